The zero-order valence-electron chi connectivity index (χ0n) is 13.2. The van der Waals surface area contributed by atoms with Crippen molar-refractivity contribution >= 4 is 11.8 Å². The number of aromatic nitrogens is 2. The van der Waals surface area contributed by atoms with Crippen LogP contribution in [0.2, 0.25) is 0 Å². The van der Waals surface area contributed by atoms with E-state index in [0.717, 1.165) is 6.07 Å². The highest BCUT2D eigenvalue weighted by Crippen LogP contribution is 2.27. The summed E-state index contributed by atoms with van der Waals surface area (Å²) >= 11 is 0. The van der Waals surface area contributed by atoms with E-state index in [1.807, 2.05) is 0 Å². The van der Waals surface area contributed by atoms with Gasteiger partial charge in [-0.25, -0.2) is 4.79 Å². The smallest absolute Gasteiger partial charge is 0.367 e. The van der Waals surface area contributed by atoms with Gasteiger partial charge in [-0.05, 0) is 32.9 Å². The Bertz CT molecular complexity index is 547. The Morgan fingerprint density at radius 1 is 1.09 bits per heavy atom. The summed E-state index contributed by atoms with van der Waals surface area (Å²) in [4.78, 5) is 18.9. The zero-order valence-corrected chi connectivity index (χ0v) is 13.2. The van der Waals surface area contributed by atoms with E-state index >= 15 is 0 Å². The Balaban J connectivity index is 1.91. The molecule has 1 fully saturated rings. The van der Waals surface area contributed by atoms with Crippen LogP contribution in [0.25, 0.3) is 0 Å². The molecule has 2 rings (SSSR count). The van der Waals surface area contributed by atoms with Gasteiger partial charge in [-0.1, -0.05) is 0 Å². The fraction of sp³-hybridized carbons (Fsp3) is 0.643. The Morgan fingerprint density at radius 2 is 1.70 bits per heavy atom. The summed E-state index contributed by atoms with van der Waals surface area (Å²) < 4.78 is 37.4. The third-order valence-corrected chi connectivity index (χ3v) is 3.33. The van der Waals surface area contributed by atoms with Crippen molar-refractivity contribution in [3.63, 3.8) is 0 Å². The van der Waals surface area contributed by atoms with Crippen LogP contribution in [0.5, 0.6) is 0 Å². The van der Waals surface area contributed by atoms with Crippen LogP contribution < -0.4 is 4.90 Å². The molecule has 0 aromatic carbocycles. The standard InChI is InChI=1S/C14H19F3N4O2/c1-13(2,3)12(22)23-21-8-6-20(7-9-21)11-5-4-10(18-19-11)14(15,16)17/h4-5H,6-9H2,1-3H3. The van der Waals surface area contributed by atoms with Gasteiger partial charge in [0.25, 0.3) is 0 Å². The Hall–Kier alpha value is -1.90. The number of halogens is 3. The molecule has 0 radical (unpaired) electrons. The maximum atomic E-state index is 12.5. The molecule has 0 saturated carbocycles. The largest absolute Gasteiger partial charge is 0.435 e. The molecule has 1 aromatic heterocycles. The molecule has 6 nitrogen and oxygen atoms in total. The number of piperazine rings is 1. The van der Waals surface area contributed by atoms with Gasteiger partial charge in [-0.3, -0.25) is 0 Å². The lowest BCUT2D eigenvalue weighted by atomic mass is 9.98. The minimum absolute atomic E-state index is 0.319. The van der Waals surface area contributed by atoms with E-state index < -0.39 is 17.3 Å². The Kier molecular flexibility index (Phi) is 4.79. The second kappa shape index (κ2) is 6.31. The molecule has 2 heterocycles. The van der Waals surface area contributed by atoms with Gasteiger partial charge in [-0.15, -0.1) is 15.3 Å². The van der Waals surface area contributed by atoms with E-state index in [1.165, 1.54) is 6.07 Å². The first kappa shape index (κ1) is 17.5. The monoisotopic (exact) mass is 332 g/mol. The van der Waals surface area contributed by atoms with Crippen LogP contribution >= 0.6 is 0 Å². The van der Waals surface area contributed by atoms with Crippen molar-refractivity contribution < 1.29 is 22.8 Å². The van der Waals surface area contributed by atoms with E-state index in [1.54, 1.807) is 30.7 Å². The van der Waals surface area contributed by atoms with E-state index in [2.05, 4.69) is 10.2 Å². The molecule has 23 heavy (non-hydrogen) atoms. The summed E-state index contributed by atoms with van der Waals surface area (Å²) in [5, 5.41) is 8.39. The number of carbonyl (C=O) groups is 1. The van der Waals surface area contributed by atoms with Crippen LogP contribution in [-0.4, -0.2) is 47.4 Å². The van der Waals surface area contributed by atoms with Gasteiger partial charge >= 0.3 is 12.1 Å². The maximum Gasteiger partial charge on any atom is 0.435 e. The van der Waals surface area contributed by atoms with Gasteiger partial charge in [-0.2, -0.15) is 13.2 Å². The van der Waals surface area contributed by atoms with E-state index in [4.69, 9.17) is 4.84 Å². The number of rotatable bonds is 2. The second-order valence-corrected chi connectivity index (χ2v) is 6.32. The van der Waals surface area contributed by atoms with Crippen LogP contribution in [-0.2, 0) is 15.8 Å². The van der Waals surface area contributed by atoms with Crippen LogP contribution in [0, 0.1) is 5.41 Å². The van der Waals surface area contributed by atoms with Gasteiger partial charge in [0, 0.05) is 13.1 Å². The molecule has 0 atom stereocenters. The van der Waals surface area contributed by atoms with E-state index in [9.17, 15) is 18.0 Å². The van der Waals surface area contributed by atoms with Gasteiger partial charge < -0.3 is 9.74 Å². The minimum atomic E-state index is -4.49. The summed E-state index contributed by atoms with van der Waals surface area (Å²) in [6.45, 7) is 7.17. The quantitative estimate of drug-likeness (QED) is 0.827. The lowest BCUT2D eigenvalue weighted by Crippen LogP contribution is -2.48. The molecule has 0 bridgehead atoms. The fourth-order valence-corrected chi connectivity index (χ4v) is 1.91. The van der Waals surface area contributed by atoms with Crippen LogP contribution in [0.1, 0.15) is 26.5 Å². The molecule has 128 valence electrons. The number of nitrogens with zero attached hydrogens (tertiary/aromatic N) is 4. The lowest BCUT2D eigenvalue weighted by Gasteiger charge is -2.34. The van der Waals surface area contributed by atoms with Crippen LogP contribution in [0.15, 0.2) is 12.1 Å². The predicted molar refractivity (Wildman–Crippen MR) is 76.4 cm³/mol. The number of hydroxylamine groups is 2. The first-order chi connectivity index (χ1) is 10.6. The van der Waals surface area contributed by atoms with Gasteiger partial charge in [0.05, 0.1) is 18.5 Å². The minimum Gasteiger partial charge on any atom is -0.367 e. The normalized spacial score (nSPS) is 17.2. The number of carbonyl (C=O) groups excluding carboxylic acids is 1. The Morgan fingerprint density at radius 3 is 2.13 bits per heavy atom. The highest BCUT2D eigenvalue weighted by molar-refractivity contribution is 5.75. The average Bonchev–Trinajstić information content (AvgIpc) is 2.46. The maximum absolute atomic E-state index is 12.5. The zero-order chi connectivity index (χ0) is 17.3. The number of anilines is 1. The molecule has 9 heteroatoms. The molecule has 0 unspecified atom stereocenters. The molecule has 1 aromatic rings. The van der Waals surface area contributed by atoms with Gasteiger partial charge in [0.1, 0.15) is 0 Å². The molecule has 0 spiro atoms. The average molecular weight is 332 g/mol. The molecule has 1 aliphatic heterocycles. The highest BCUT2D eigenvalue weighted by Gasteiger charge is 2.33. The van der Waals surface area contributed by atoms with Crippen molar-refractivity contribution in [3.8, 4) is 0 Å². The molecule has 0 aliphatic carbocycles. The van der Waals surface area contributed by atoms with Crippen molar-refractivity contribution in [2.24, 2.45) is 5.41 Å². The van der Waals surface area contributed by atoms with Crippen molar-refractivity contribution in [1.82, 2.24) is 15.3 Å². The van der Waals surface area contributed by atoms with Crippen molar-refractivity contribution in [1.29, 1.82) is 0 Å². The predicted octanol–water partition coefficient (Wildman–Crippen LogP) is 2.12. The van der Waals surface area contributed by atoms with Gasteiger partial charge in [0.15, 0.2) is 11.5 Å². The highest BCUT2D eigenvalue weighted by atomic mass is 19.4. The Labute approximate surface area is 132 Å². The third-order valence-electron chi connectivity index (χ3n) is 3.33. The van der Waals surface area contributed by atoms with E-state index in [0.29, 0.717) is 32.0 Å². The second-order valence-electron chi connectivity index (χ2n) is 6.32. The van der Waals surface area contributed by atoms with E-state index in [-0.39, 0.29) is 5.97 Å². The first-order valence-electron chi connectivity index (χ1n) is 7.20. The number of alkyl halides is 3. The summed E-state index contributed by atoms with van der Waals surface area (Å²) in [7, 11) is 0. The molecule has 0 N–H and O–H groups in total. The molecule has 1 aliphatic rings. The molecular formula is C14H19F3N4O2. The summed E-state index contributed by atoms with van der Waals surface area (Å²) in [5.74, 6) is 0.0556. The van der Waals surface area contributed by atoms with Crippen molar-refractivity contribution in [2.45, 2.75) is 26.9 Å². The molecular weight excluding hydrogens is 313 g/mol. The van der Waals surface area contributed by atoms with Crippen molar-refractivity contribution in [2.75, 3.05) is 31.1 Å². The molecule has 0 amide bonds. The number of hydrogen-bond acceptors (Lipinski definition) is 6. The first-order valence-corrected chi connectivity index (χ1v) is 7.20. The summed E-state index contributed by atoms with van der Waals surface area (Å²) in [6.07, 6.45) is -4.49. The third kappa shape index (κ3) is 4.54. The molecule has 1 saturated heterocycles. The fourth-order valence-electron chi connectivity index (χ4n) is 1.91. The van der Waals surface area contributed by atoms with Crippen molar-refractivity contribution in [3.05, 3.63) is 17.8 Å². The van der Waals surface area contributed by atoms with Crippen LogP contribution in [0.4, 0.5) is 19.0 Å². The lowest BCUT2D eigenvalue weighted by molar-refractivity contribution is -0.201. The summed E-state index contributed by atoms with van der Waals surface area (Å²) in [6, 6.07) is 2.21. The summed E-state index contributed by atoms with van der Waals surface area (Å²) in [5.41, 5.74) is -1.60. The number of hydrogen-bond donors (Lipinski definition) is 0. The topological polar surface area (TPSA) is 58.6 Å². The van der Waals surface area contributed by atoms with Crippen LogP contribution in [0.3, 0.4) is 0 Å². The van der Waals surface area contributed by atoms with Gasteiger partial charge in [0.2, 0.25) is 0 Å². The SMILES string of the molecule is CC(C)(C)C(=O)ON1CCN(c2ccc(C(F)(F)F)nn2)CC1.